The third kappa shape index (κ3) is 6.11. The van der Waals surface area contributed by atoms with Gasteiger partial charge in [0.25, 0.3) is 11.5 Å². The van der Waals surface area contributed by atoms with Crippen molar-refractivity contribution < 1.29 is 18.0 Å². The number of allylic oxidation sites excluding steroid dienone is 1. The van der Waals surface area contributed by atoms with Crippen LogP contribution in [0, 0.1) is 6.92 Å². The molecule has 0 aliphatic heterocycles. The number of aromatic nitrogens is 2. The summed E-state index contributed by atoms with van der Waals surface area (Å²) in [6, 6.07) is 23.0. The summed E-state index contributed by atoms with van der Waals surface area (Å²) in [5.41, 5.74) is 3.55. The van der Waals surface area contributed by atoms with E-state index in [0.29, 0.717) is 16.8 Å². The number of hydrogen-bond donors (Lipinski definition) is 1. The highest BCUT2D eigenvalue weighted by molar-refractivity contribution is 6.04. The van der Waals surface area contributed by atoms with Gasteiger partial charge < -0.3 is 9.88 Å². The van der Waals surface area contributed by atoms with Crippen LogP contribution in [0.25, 0.3) is 28.1 Å². The van der Waals surface area contributed by atoms with E-state index >= 15 is 0 Å². The highest BCUT2D eigenvalue weighted by Crippen LogP contribution is 2.30. The Morgan fingerprint density at radius 3 is 2.49 bits per heavy atom. The van der Waals surface area contributed by atoms with Crippen LogP contribution in [0.5, 0.6) is 0 Å². The maximum Gasteiger partial charge on any atom is 0.416 e. The molecule has 5 nitrogen and oxygen atoms in total. The van der Waals surface area contributed by atoms with Crippen molar-refractivity contribution in [1.29, 1.82) is 0 Å². The molecule has 5 rings (SSSR count). The number of alkyl halides is 3. The molecule has 0 radical (unpaired) electrons. The van der Waals surface area contributed by atoms with E-state index < -0.39 is 17.6 Å². The summed E-state index contributed by atoms with van der Waals surface area (Å²) >= 11 is 0. The average molecular weight is 554 g/mol. The van der Waals surface area contributed by atoms with Crippen LogP contribution in [0.2, 0.25) is 0 Å². The van der Waals surface area contributed by atoms with Crippen LogP contribution in [-0.4, -0.2) is 15.5 Å². The van der Waals surface area contributed by atoms with Crippen molar-refractivity contribution in [2.45, 2.75) is 19.5 Å². The molecule has 0 fully saturated rings. The lowest BCUT2D eigenvalue weighted by atomic mass is 9.99. The van der Waals surface area contributed by atoms with Crippen LogP contribution >= 0.6 is 0 Å². The molecule has 0 saturated carbocycles. The Morgan fingerprint density at radius 2 is 1.73 bits per heavy atom. The fourth-order valence-corrected chi connectivity index (χ4v) is 4.62. The Kier molecular flexibility index (Phi) is 7.57. The van der Waals surface area contributed by atoms with Crippen LogP contribution in [0.1, 0.15) is 32.7 Å². The van der Waals surface area contributed by atoms with Gasteiger partial charge >= 0.3 is 6.18 Å². The van der Waals surface area contributed by atoms with Crippen LogP contribution in [-0.2, 0) is 19.6 Å². The number of nitrogens with one attached hydrogen (secondary N) is 1. The van der Waals surface area contributed by atoms with Gasteiger partial charge in [-0.3, -0.25) is 14.6 Å². The number of fused-ring (bicyclic) bond motifs is 1. The summed E-state index contributed by atoms with van der Waals surface area (Å²) in [5.74, 6) is -0.686. The van der Waals surface area contributed by atoms with Gasteiger partial charge in [0.05, 0.1) is 16.8 Å². The minimum absolute atomic E-state index is 0.122. The van der Waals surface area contributed by atoms with Crippen molar-refractivity contribution in [1.82, 2.24) is 9.55 Å². The summed E-state index contributed by atoms with van der Waals surface area (Å²) in [6.45, 7) is 1.84. The van der Waals surface area contributed by atoms with E-state index in [1.807, 2.05) is 43.3 Å². The van der Waals surface area contributed by atoms with Crippen LogP contribution < -0.4 is 10.9 Å². The van der Waals surface area contributed by atoms with E-state index in [0.717, 1.165) is 40.7 Å². The molecule has 2 aromatic heterocycles. The SMILES string of the molecule is Cc1ccc(NC(=O)c2cccc(C(F)(F)F)c2)cc1-c1cc2cnc(C=CCc3ccccc3)cc2n(C)c1=O. The number of hydrogen-bond acceptors (Lipinski definition) is 3. The number of pyridine rings is 2. The first-order valence-electron chi connectivity index (χ1n) is 12.9. The van der Waals surface area contributed by atoms with Crippen molar-refractivity contribution in [2.24, 2.45) is 7.05 Å². The van der Waals surface area contributed by atoms with Gasteiger partial charge in [0.1, 0.15) is 0 Å². The van der Waals surface area contributed by atoms with Crippen molar-refractivity contribution in [3.63, 3.8) is 0 Å². The van der Waals surface area contributed by atoms with E-state index in [1.165, 1.54) is 17.7 Å². The van der Waals surface area contributed by atoms with Gasteiger partial charge in [0.2, 0.25) is 0 Å². The first kappa shape index (κ1) is 27.6. The molecule has 0 unspecified atom stereocenters. The average Bonchev–Trinajstić information content (AvgIpc) is 2.96. The van der Waals surface area contributed by atoms with Gasteiger partial charge in [-0.25, -0.2) is 0 Å². The smallest absolute Gasteiger partial charge is 0.322 e. The predicted molar refractivity (Wildman–Crippen MR) is 156 cm³/mol. The minimum Gasteiger partial charge on any atom is -0.322 e. The lowest BCUT2D eigenvalue weighted by Gasteiger charge is -2.14. The lowest BCUT2D eigenvalue weighted by molar-refractivity contribution is -0.137. The zero-order valence-electron chi connectivity index (χ0n) is 22.4. The number of carbonyl (C=O) groups excluding carboxylic acids is 1. The topological polar surface area (TPSA) is 64.0 Å². The molecule has 0 aliphatic carbocycles. The first-order valence-corrected chi connectivity index (χ1v) is 12.9. The first-order chi connectivity index (χ1) is 19.6. The van der Waals surface area contributed by atoms with Gasteiger partial charge in [-0.2, -0.15) is 13.2 Å². The highest BCUT2D eigenvalue weighted by Gasteiger charge is 2.31. The number of benzene rings is 3. The molecule has 1 N–H and O–H groups in total. The van der Waals surface area contributed by atoms with Crippen molar-refractivity contribution in [3.8, 4) is 11.1 Å². The lowest BCUT2D eigenvalue weighted by Crippen LogP contribution is -2.19. The highest BCUT2D eigenvalue weighted by atomic mass is 19.4. The second-order valence-electron chi connectivity index (χ2n) is 9.74. The zero-order valence-corrected chi connectivity index (χ0v) is 22.4. The van der Waals surface area contributed by atoms with E-state index in [4.69, 9.17) is 0 Å². The second-order valence-corrected chi connectivity index (χ2v) is 9.74. The van der Waals surface area contributed by atoms with Gasteiger partial charge in [0.15, 0.2) is 0 Å². The summed E-state index contributed by atoms with van der Waals surface area (Å²) in [4.78, 5) is 30.8. The molecule has 3 aromatic carbocycles. The van der Waals surface area contributed by atoms with E-state index in [1.54, 1.807) is 42.1 Å². The molecule has 206 valence electrons. The molecular formula is C33H26F3N3O2. The molecule has 0 aliphatic rings. The maximum absolute atomic E-state index is 13.5. The fourth-order valence-electron chi connectivity index (χ4n) is 4.62. The molecule has 5 aromatic rings. The summed E-state index contributed by atoms with van der Waals surface area (Å²) in [5, 5.41) is 3.41. The van der Waals surface area contributed by atoms with E-state index in [2.05, 4.69) is 22.4 Å². The van der Waals surface area contributed by atoms with Crippen molar-refractivity contribution in [3.05, 3.63) is 136 Å². The quantitative estimate of drug-likeness (QED) is 0.238. The molecule has 0 saturated heterocycles. The number of anilines is 1. The monoisotopic (exact) mass is 553 g/mol. The minimum atomic E-state index is -4.56. The number of rotatable bonds is 6. The summed E-state index contributed by atoms with van der Waals surface area (Å²) in [6.07, 6.45) is 1.87. The predicted octanol–water partition coefficient (Wildman–Crippen LogP) is 7.44. The molecule has 0 spiro atoms. The number of carbonyl (C=O) groups is 1. The van der Waals surface area contributed by atoms with Gasteiger partial charge in [-0.15, -0.1) is 0 Å². The van der Waals surface area contributed by atoms with Gasteiger partial charge in [-0.05, 0) is 78.6 Å². The standard InChI is InChI=1S/C33H26F3N3O2/c1-21-14-15-27(38-31(40)23-11-7-12-25(16-23)33(34,35)36)18-28(21)29-17-24-20-37-26(19-30(24)39(2)32(29)41)13-6-10-22-8-4-3-5-9-22/h3-9,11-20H,10H2,1-2H3,(H,38,40). The van der Waals surface area contributed by atoms with Crippen LogP contribution in [0.4, 0.5) is 18.9 Å². The molecule has 8 heteroatoms. The number of aryl methyl sites for hydroxylation is 2. The Balaban J connectivity index is 1.43. The largest absolute Gasteiger partial charge is 0.416 e. The van der Waals surface area contributed by atoms with Crippen LogP contribution in [0.3, 0.4) is 0 Å². The van der Waals surface area contributed by atoms with Gasteiger partial charge in [0, 0.05) is 35.4 Å². The third-order valence-electron chi connectivity index (χ3n) is 6.85. The molecule has 41 heavy (non-hydrogen) atoms. The molecular weight excluding hydrogens is 527 g/mol. The summed E-state index contributed by atoms with van der Waals surface area (Å²) in [7, 11) is 1.69. The number of nitrogens with zero attached hydrogens (tertiary/aromatic N) is 2. The molecule has 1 amide bonds. The Morgan fingerprint density at radius 1 is 0.951 bits per heavy atom. The Bertz CT molecular complexity index is 1840. The second kappa shape index (κ2) is 11.3. The van der Waals surface area contributed by atoms with Gasteiger partial charge in [-0.1, -0.05) is 48.5 Å². The Labute approximate surface area is 234 Å². The Hall–Kier alpha value is -4.98. The zero-order chi connectivity index (χ0) is 29.1. The normalized spacial score (nSPS) is 11.7. The number of halogens is 3. The van der Waals surface area contributed by atoms with Crippen molar-refractivity contribution in [2.75, 3.05) is 5.32 Å². The van der Waals surface area contributed by atoms with Crippen LogP contribution in [0.15, 0.2) is 102 Å². The van der Waals surface area contributed by atoms with Crippen molar-refractivity contribution >= 4 is 28.6 Å². The number of amides is 1. The summed E-state index contributed by atoms with van der Waals surface area (Å²) < 4.78 is 40.8. The molecule has 0 bridgehead atoms. The third-order valence-corrected chi connectivity index (χ3v) is 6.85. The molecule has 0 atom stereocenters. The molecule has 2 heterocycles. The van der Waals surface area contributed by atoms with E-state index in [-0.39, 0.29) is 11.1 Å². The maximum atomic E-state index is 13.5. The van der Waals surface area contributed by atoms with E-state index in [9.17, 15) is 22.8 Å². The fraction of sp³-hybridized carbons (Fsp3) is 0.121.